The molecule has 0 aliphatic heterocycles. The van der Waals surface area contributed by atoms with Crippen molar-refractivity contribution in [2.75, 3.05) is 6.54 Å². The first-order valence-electron chi connectivity index (χ1n) is 7.01. The van der Waals surface area contributed by atoms with Gasteiger partial charge in [0, 0.05) is 11.4 Å². The maximum Gasteiger partial charge on any atom is 0.312 e. The summed E-state index contributed by atoms with van der Waals surface area (Å²) in [4.78, 5) is 24.0. The Balaban J connectivity index is 1.83. The van der Waals surface area contributed by atoms with Crippen LogP contribution in [0.2, 0.25) is 0 Å². The van der Waals surface area contributed by atoms with Crippen LogP contribution in [0.3, 0.4) is 0 Å². The number of primary amides is 1. The zero-order valence-electron chi connectivity index (χ0n) is 11.4. The summed E-state index contributed by atoms with van der Waals surface area (Å²) in [5.74, 6) is 0.576. The lowest BCUT2D eigenvalue weighted by atomic mass is 10.1. The van der Waals surface area contributed by atoms with Crippen molar-refractivity contribution >= 4 is 23.3 Å². The van der Waals surface area contributed by atoms with Crippen LogP contribution in [0.1, 0.15) is 43.0 Å². The van der Waals surface area contributed by atoms with Crippen molar-refractivity contribution in [3.63, 3.8) is 0 Å². The highest BCUT2D eigenvalue weighted by Crippen LogP contribution is 2.24. The SMILES string of the molecule is NC(=O)NC(CC(=O)NCC1CCCC1)c1cccs1. The topological polar surface area (TPSA) is 84.2 Å². The lowest BCUT2D eigenvalue weighted by Crippen LogP contribution is -2.37. The quantitative estimate of drug-likeness (QED) is 0.751. The Morgan fingerprint density at radius 2 is 2.15 bits per heavy atom. The van der Waals surface area contributed by atoms with Crippen LogP contribution in [-0.2, 0) is 4.79 Å². The van der Waals surface area contributed by atoms with E-state index in [9.17, 15) is 9.59 Å². The van der Waals surface area contributed by atoms with E-state index in [-0.39, 0.29) is 18.4 Å². The highest BCUT2D eigenvalue weighted by molar-refractivity contribution is 7.10. The Labute approximate surface area is 122 Å². The molecule has 6 heteroatoms. The van der Waals surface area contributed by atoms with Crippen LogP contribution in [0, 0.1) is 5.92 Å². The van der Waals surface area contributed by atoms with E-state index in [0.717, 1.165) is 11.4 Å². The molecule has 0 bridgehead atoms. The van der Waals surface area contributed by atoms with E-state index in [2.05, 4.69) is 10.6 Å². The number of nitrogens with two attached hydrogens (primary N) is 1. The van der Waals surface area contributed by atoms with Gasteiger partial charge in [-0.05, 0) is 30.2 Å². The number of hydrogen-bond acceptors (Lipinski definition) is 3. The van der Waals surface area contributed by atoms with Crippen molar-refractivity contribution < 1.29 is 9.59 Å². The Hall–Kier alpha value is -1.56. The minimum atomic E-state index is -0.605. The fourth-order valence-electron chi connectivity index (χ4n) is 2.61. The van der Waals surface area contributed by atoms with Gasteiger partial charge < -0.3 is 16.4 Å². The number of nitrogens with one attached hydrogen (secondary N) is 2. The number of carbonyl (C=O) groups is 2. The lowest BCUT2D eigenvalue weighted by molar-refractivity contribution is -0.121. The first-order valence-corrected chi connectivity index (χ1v) is 7.89. The fourth-order valence-corrected chi connectivity index (χ4v) is 3.39. The number of hydrogen-bond donors (Lipinski definition) is 3. The van der Waals surface area contributed by atoms with E-state index < -0.39 is 6.03 Å². The van der Waals surface area contributed by atoms with Gasteiger partial charge in [0.15, 0.2) is 0 Å². The molecule has 2 rings (SSSR count). The molecule has 0 spiro atoms. The molecule has 3 amide bonds. The van der Waals surface area contributed by atoms with Crippen LogP contribution < -0.4 is 16.4 Å². The van der Waals surface area contributed by atoms with Gasteiger partial charge >= 0.3 is 6.03 Å². The molecule has 1 aliphatic carbocycles. The first-order chi connectivity index (χ1) is 9.65. The molecule has 1 aliphatic rings. The van der Waals surface area contributed by atoms with Gasteiger partial charge in [0.25, 0.3) is 0 Å². The predicted octanol–water partition coefficient (Wildman–Crippen LogP) is 2.15. The van der Waals surface area contributed by atoms with Gasteiger partial charge in [-0.1, -0.05) is 18.9 Å². The third kappa shape index (κ3) is 4.52. The summed E-state index contributed by atoms with van der Waals surface area (Å²) < 4.78 is 0. The van der Waals surface area contributed by atoms with Gasteiger partial charge in [-0.2, -0.15) is 0 Å². The van der Waals surface area contributed by atoms with Crippen molar-refractivity contribution in [3.8, 4) is 0 Å². The summed E-state index contributed by atoms with van der Waals surface area (Å²) in [5.41, 5.74) is 5.17. The fraction of sp³-hybridized carbons (Fsp3) is 0.571. The zero-order valence-corrected chi connectivity index (χ0v) is 12.2. The van der Waals surface area contributed by atoms with Crippen molar-refractivity contribution in [3.05, 3.63) is 22.4 Å². The number of urea groups is 1. The number of carbonyl (C=O) groups excluding carboxylic acids is 2. The standard InChI is InChI=1S/C14H21N3O2S/c15-14(19)17-11(12-6-3-7-20-12)8-13(18)16-9-10-4-1-2-5-10/h3,6-7,10-11H,1-2,4-5,8-9H2,(H,16,18)(H3,15,17,19). The van der Waals surface area contributed by atoms with Gasteiger partial charge in [-0.3, -0.25) is 4.79 Å². The van der Waals surface area contributed by atoms with Gasteiger partial charge in [-0.15, -0.1) is 11.3 Å². The molecule has 4 N–H and O–H groups in total. The van der Waals surface area contributed by atoms with Gasteiger partial charge in [0.2, 0.25) is 5.91 Å². The van der Waals surface area contributed by atoms with E-state index in [1.165, 1.54) is 37.0 Å². The van der Waals surface area contributed by atoms with E-state index in [1.54, 1.807) is 0 Å². The normalized spacial score (nSPS) is 16.8. The number of thiophene rings is 1. The maximum atomic E-state index is 12.0. The average molecular weight is 295 g/mol. The smallest absolute Gasteiger partial charge is 0.312 e. The second kappa shape index (κ2) is 7.28. The Morgan fingerprint density at radius 1 is 1.40 bits per heavy atom. The Kier molecular flexibility index (Phi) is 5.40. The van der Waals surface area contributed by atoms with Crippen molar-refractivity contribution in [2.24, 2.45) is 11.7 Å². The van der Waals surface area contributed by atoms with E-state index >= 15 is 0 Å². The Bertz CT molecular complexity index is 441. The summed E-state index contributed by atoms with van der Waals surface area (Å²) in [7, 11) is 0. The molecule has 0 aromatic carbocycles. The van der Waals surface area contributed by atoms with Crippen LogP contribution in [0.25, 0.3) is 0 Å². The van der Waals surface area contributed by atoms with E-state index in [1.807, 2.05) is 17.5 Å². The molecule has 1 unspecified atom stereocenters. The molecule has 20 heavy (non-hydrogen) atoms. The molecule has 1 heterocycles. The minimum Gasteiger partial charge on any atom is -0.356 e. The molecular formula is C14H21N3O2S. The van der Waals surface area contributed by atoms with Crippen molar-refractivity contribution in [2.45, 2.75) is 38.1 Å². The van der Waals surface area contributed by atoms with Gasteiger partial charge in [0.05, 0.1) is 12.5 Å². The summed E-state index contributed by atoms with van der Waals surface area (Å²) >= 11 is 1.51. The predicted molar refractivity (Wildman–Crippen MR) is 79.4 cm³/mol. The minimum absolute atomic E-state index is 0.0379. The maximum absolute atomic E-state index is 12.0. The summed E-state index contributed by atoms with van der Waals surface area (Å²) in [5, 5.41) is 7.51. The first kappa shape index (κ1) is 14.8. The van der Waals surface area contributed by atoms with Gasteiger partial charge in [-0.25, -0.2) is 4.79 Å². The van der Waals surface area contributed by atoms with Crippen LogP contribution in [0.15, 0.2) is 17.5 Å². The molecule has 0 radical (unpaired) electrons. The molecule has 1 saturated carbocycles. The molecule has 1 aromatic heterocycles. The highest BCUT2D eigenvalue weighted by Gasteiger charge is 2.20. The van der Waals surface area contributed by atoms with Gasteiger partial charge in [0.1, 0.15) is 0 Å². The third-order valence-corrected chi connectivity index (χ3v) is 4.64. The van der Waals surface area contributed by atoms with E-state index in [0.29, 0.717) is 5.92 Å². The molecule has 1 aromatic rings. The van der Waals surface area contributed by atoms with Crippen molar-refractivity contribution in [1.82, 2.24) is 10.6 Å². The molecule has 0 saturated heterocycles. The highest BCUT2D eigenvalue weighted by atomic mass is 32.1. The summed E-state index contributed by atoms with van der Waals surface area (Å²) in [6, 6.07) is 2.85. The molecule has 110 valence electrons. The summed E-state index contributed by atoms with van der Waals surface area (Å²) in [6.45, 7) is 0.743. The summed E-state index contributed by atoms with van der Waals surface area (Å²) in [6.07, 6.45) is 5.17. The third-order valence-electron chi connectivity index (χ3n) is 3.66. The molecule has 1 atom stereocenters. The number of amides is 3. The van der Waals surface area contributed by atoms with Crippen LogP contribution in [0.5, 0.6) is 0 Å². The second-order valence-electron chi connectivity index (χ2n) is 5.24. The molecular weight excluding hydrogens is 274 g/mol. The molecule has 5 nitrogen and oxygen atoms in total. The average Bonchev–Trinajstić information content (AvgIpc) is 3.08. The van der Waals surface area contributed by atoms with E-state index in [4.69, 9.17) is 5.73 Å². The van der Waals surface area contributed by atoms with Crippen LogP contribution in [0.4, 0.5) is 4.79 Å². The largest absolute Gasteiger partial charge is 0.356 e. The number of rotatable bonds is 6. The second-order valence-corrected chi connectivity index (χ2v) is 6.21. The lowest BCUT2D eigenvalue weighted by Gasteiger charge is -2.17. The zero-order chi connectivity index (χ0) is 14.4. The molecule has 1 fully saturated rings. The monoisotopic (exact) mass is 295 g/mol. The van der Waals surface area contributed by atoms with Crippen molar-refractivity contribution in [1.29, 1.82) is 0 Å². The Morgan fingerprint density at radius 3 is 2.75 bits per heavy atom. The van der Waals surface area contributed by atoms with Crippen LogP contribution >= 0.6 is 11.3 Å². The van der Waals surface area contributed by atoms with Crippen LogP contribution in [-0.4, -0.2) is 18.5 Å².